The van der Waals surface area contributed by atoms with E-state index >= 15 is 0 Å². The molecule has 1 saturated carbocycles. The van der Waals surface area contributed by atoms with Gasteiger partial charge in [-0.15, -0.1) is 13.2 Å². The largest absolute Gasteiger partial charge is 0.472 e. The first-order chi connectivity index (χ1) is 13.6. The van der Waals surface area contributed by atoms with Crippen molar-refractivity contribution in [2.75, 3.05) is 13.1 Å². The summed E-state index contributed by atoms with van der Waals surface area (Å²) in [6, 6.07) is 8.77. The van der Waals surface area contributed by atoms with E-state index in [-0.39, 0.29) is 0 Å². The molecule has 0 heterocycles. The van der Waals surface area contributed by atoms with E-state index in [1.54, 1.807) is 0 Å². The van der Waals surface area contributed by atoms with Gasteiger partial charge in [0.15, 0.2) is 6.23 Å². The maximum absolute atomic E-state index is 11.1. The molecule has 4 nitrogen and oxygen atoms in total. The highest BCUT2D eigenvalue weighted by atomic mass is 16.5. The van der Waals surface area contributed by atoms with Gasteiger partial charge < -0.3 is 15.2 Å². The van der Waals surface area contributed by atoms with Crippen LogP contribution in [0, 0.1) is 0 Å². The van der Waals surface area contributed by atoms with E-state index in [0.29, 0.717) is 25.2 Å². The van der Waals surface area contributed by atoms with Crippen LogP contribution < -0.4 is 10.1 Å². The minimum atomic E-state index is -0.638. The average Bonchev–Trinajstić information content (AvgIpc) is 2.71. The van der Waals surface area contributed by atoms with Gasteiger partial charge >= 0.3 is 0 Å². The fourth-order valence-electron chi connectivity index (χ4n) is 3.92. The molecule has 1 fully saturated rings. The SMILES string of the molecule is C=CCc1ccccc1OC(C(O)CNC(C)C)N(CC=C)C1CCCCC1. The van der Waals surface area contributed by atoms with Crippen molar-refractivity contribution in [3.05, 3.63) is 55.1 Å². The lowest BCUT2D eigenvalue weighted by Gasteiger charge is -2.41. The second-order valence-corrected chi connectivity index (χ2v) is 8.02. The summed E-state index contributed by atoms with van der Waals surface area (Å²) in [5.74, 6) is 0.820. The van der Waals surface area contributed by atoms with Crippen molar-refractivity contribution >= 4 is 0 Å². The molecule has 0 amide bonds. The summed E-state index contributed by atoms with van der Waals surface area (Å²) in [4.78, 5) is 2.31. The number of allylic oxidation sites excluding steroid dienone is 1. The zero-order chi connectivity index (χ0) is 20.4. The molecule has 2 unspecified atom stereocenters. The number of hydrogen-bond donors (Lipinski definition) is 2. The van der Waals surface area contributed by atoms with Crippen molar-refractivity contribution in [1.82, 2.24) is 10.2 Å². The van der Waals surface area contributed by atoms with E-state index in [4.69, 9.17) is 4.74 Å². The number of aliphatic hydroxyl groups excluding tert-OH is 1. The maximum atomic E-state index is 11.1. The number of ether oxygens (including phenoxy) is 1. The van der Waals surface area contributed by atoms with Gasteiger partial charge in [0.2, 0.25) is 0 Å². The van der Waals surface area contributed by atoms with E-state index in [1.165, 1.54) is 19.3 Å². The van der Waals surface area contributed by atoms with Crippen LogP contribution in [0.1, 0.15) is 51.5 Å². The van der Waals surface area contributed by atoms with Crippen molar-refractivity contribution in [2.24, 2.45) is 0 Å². The Morgan fingerprint density at radius 2 is 1.89 bits per heavy atom. The Balaban J connectivity index is 2.28. The first-order valence-corrected chi connectivity index (χ1v) is 10.7. The third kappa shape index (κ3) is 6.77. The van der Waals surface area contributed by atoms with E-state index < -0.39 is 12.3 Å². The number of para-hydroxylation sites is 1. The number of nitrogens with zero attached hydrogens (tertiary/aromatic N) is 1. The van der Waals surface area contributed by atoms with Crippen molar-refractivity contribution in [3.63, 3.8) is 0 Å². The molecule has 1 aliphatic carbocycles. The summed E-state index contributed by atoms with van der Waals surface area (Å²) < 4.78 is 6.50. The number of hydrogen-bond acceptors (Lipinski definition) is 4. The summed E-state index contributed by atoms with van der Waals surface area (Å²) in [6.07, 6.45) is 9.55. The van der Waals surface area contributed by atoms with Gasteiger partial charge in [-0.3, -0.25) is 4.90 Å². The number of nitrogens with one attached hydrogen (secondary N) is 1. The molecular weight excluding hydrogens is 348 g/mol. The van der Waals surface area contributed by atoms with Crippen LogP contribution in [0.15, 0.2) is 49.6 Å². The van der Waals surface area contributed by atoms with E-state index in [1.807, 2.05) is 30.4 Å². The van der Waals surface area contributed by atoms with Crippen LogP contribution in [-0.4, -0.2) is 47.5 Å². The molecule has 28 heavy (non-hydrogen) atoms. The highest BCUT2D eigenvalue weighted by Crippen LogP contribution is 2.28. The molecule has 1 aliphatic rings. The van der Waals surface area contributed by atoms with Gasteiger partial charge in [0.1, 0.15) is 11.9 Å². The van der Waals surface area contributed by atoms with Crippen LogP contribution in [0.4, 0.5) is 0 Å². The molecule has 1 aromatic carbocycles. The summed E-state index contributed by atoms with van der Waals surface area (Å²) in [5.41, 5.74) is 1.09. The minimum absolute atomic E-state index is 0.311. The van der Waals surface area contributed by atoms with Crippen LogP contribution >= 0.6 is 0 Å². The normalized spacial score (nSPS) is 17.5. The first kappa shape index (κ1) is 22.7. The standard InChI is InChI=1S/C24H38N2O2/c1-5-12-20-13-10-11-16-23(20)28-24(22(27)18-25-19(3)4)26(17-6-2)21-14-8-7-9-15-21/h5-6,10-11,13,16,19,21-22,24-25,27H,1-2,7-9,12,14-15,17-18H2,3-4H3. The topological polar surface area (TPSA) is 44.7 Å². The van der Waals surface area contributed by atoms with Crippen LogP contribution in [-0.2, 0) is 6.42 Å². The van der Waals surface area contributed by atoms with Crippen LogP contribution in [0.25, 0.3) is 0 Å². The smallest absolute Gasteiger partial charge is 0.180 e. The lowest BCUT2D eigenvalue weighted by atomic mass is 9.93. The lowest BCUT2D eigenvalue weighted by molar-refractivity contribution is -0.0840. The molecule has 156 valence electrons. The second kappa shape index (κ2) is 12.1. The van der Waals surface area contributed by atoms with Gasteiger partial charge in [-0.25, -0.2) is 0 Å². The van der Waals surface area contributed by atoms with Crippen molar-refractivity contribution in [3.8, 4) is 5.75 Å². The van der Waals surface area contributed by atoms with Gasteiger partial charge in [-0.2, -0.15) is 0 Å². The Hall–Kier alpha value is -1.62. The first-order valence-electron chi connectivity index (χ1n) is 10.7. The molecule has 0 aliphatic heterocycles. The maximum Gasteiger partial charge on any atom is 0.180 e. The third-order valence-corrected chi connectivity index (χ3v) is 5.36. The van der Waals surface area contributed by atoms with Crippen molar-refractivity contribution in [2.45, 2.75) is 76.8 Å². The Labute approximate surface area is 171 Å². The predicted molar refractivity (Wildman–Crippen MR) is 118 cm³/mol. The monoisotopic (exact) mass is 386 g/mol. The minimum Gasteiger partial charge on any atom is -0.472 e. The molecular formula is C24H38N2O2. The van der Waals surface area contributed by atoms with E-state index in [0.717, 1.165) is 30.6 Å². The second-order valence-electron chi connectivity index (χ2n) is 8.02. The number of aliphatic hydroxyl groups is 1. The van der Waals surface area contributed by atoms with Gasteiger partial charge in [0, 0.05) is 25.2 Å². The average molecular weight is 387 g/mol. The van der Waals surface area contributed by atoms with Gasteiger partial charge in [-0.1, -0.05) is 63.5 Å². The summed E-state index contributed by atoms with van der Waals surface area (Å²) in [6.45, 7) is 13.2. The quantitative estimate of drug-likeness (QED) is 0.415. The van der Waals surface area contributed by atoms with Crippen LogP contribution in [0.3, 0.4) is 0 Å². The Kier molecular flexibility index (Phi) is 9.76. The van der Waals surface area contributed by atoms with Crippen LogP contribution in [0.5, 0.6) is 5.75 Å². The molecule has 0 bridgehead atoms. The molecule has 2 rings (SSSR count). The summed E-state index contributed by atoms with van der Waals surface area (Å²) in [7, 11) is 0. The zero-order valence-electron chi connectivity index (χ0n) is 17.6. The molecule has 0 saturated heterocycles. The molecule has 0 spiro atoms. The predicted octanol–water partition coefficient (Wildman–Crippen LogP) is 4.30. The molecule has 0 radical (unpaired) electrons. The summed E-state index contributed by atoms with van der Waals surface area (Å²) >= 11 is 0. The Morgan fingerprint density at radius 1 is 1.18 bits per heavy atom. The fourth-order valence-corrected chi connectivity index (χ4v) is 3.92. The van der Waals surface area contributed by atoms with Gasteiger partial charge in [-0.05, 0) is 30.9 Å². The molecule has 4 heteroatoms. The molecule has 2 atom stereocenters. The fraction of sp³-hybridized carbons (Fsp3) is 0.583. The van der Waals surface area contributed by atoms with Gasteiger partial charge in [0.05, 0.1) is 0 Å². The van der Waals surface area contributed by atoms with Crippen molar-refractivity contribution in [1.29, 1.82) is 0 Å². The zero-order valence-corrected chi connectivity index (χ0v) is 17.6. The Morgan fingerprint density at radius 3 is 2.54 bits per heavy atom. The van der Waals surface area contributed by atoms with E-state index in [9.17, 15) is 5.11 Å². The third-order valence-electron chi connectivity index (χ3n) is 5.36. The highest BCUT2D eigenvalue weighted by molar-refractivity contribution is 5.34. The molecule has 1 aromatic rings. The molecule has 2 N–H and O–H groups in total. The van der Waals surface area contributed by atoms with Crippen LogP contribution in [0.2, 0.25) is 0 Å². The van der Waals surface area contributed by atoms with Crippen molar-refractivity contribution < 1.29 is 9.84 Å². The number of rotatable bonds is 12. The lowest BCUT2D eigenvalue weighted by Crippen LogP contribution is -2.55. The van der Waals surface area contributed by atoms with E-state index in [2.05, 4.69) is 43.3 Å². The molecule has 0 aromatic heterocycles. The number of benzene rings is 1. The Bertz CT molecular complexity index is 596. The highest BCUT2D eigenvalue weighted by Gasteiger charge is 2.33. The summed E-state index contributed by atoms with van der Waals surface area (Å²) in [5, 5.41) is 14.4. The van der Waals surface area contributed by atoms with Gasteiger partial charge in [0.25, 0.3) is 0 Å².